The fourth-order valence-electron chi connectivity index (χ4n) is 2.21. The molecule has 0 spiro atoms. The lowest BCUT2D eigenvalue weighted by Crippen LogP contribution is -2.27. The highest BCUT2D eigenvalue weighted by atomic mass is 19.1. The van der Waals surface area contributed by atoms with E-state index in [1.807, 2.05) is 0 Å². The van der Waals surface area contributed by atoms with Crippen LogP contribution in [0.5, 0.6) is 5.75 Å². The molecule has 2 aromatic carbocycles. The first kappa shape index (κ1) is 17.9. The predicted octanol–water partition coefficient (Wildman–Crippen LogP) is 2.24. The molecule has 0 fully saturated rings. The van der Waals surface area contributed by atoms with E-state index in [0.717, 1.165) is 5.56 Å². The van der Waals surface area contributed by atoms with Crippen LogP contribution in [0.15, 0.2) is 42.5 Å². The first-order valence-corrected chi connectivity index (χ1v) is 7.56. The van der Waals surface area contributed by atoms with Gasteiger partial charge in [-0.1, -0.05) is 12.1 Å². The Morgan fingerprint density at radius 1 is 1.17 bits per heavy atom. The Labute approximate surface area is 140 Å². The summed E-state index contributed by atoms with van der Waals surface area (Å²) in [5.74, 6) is -0.00881. The van der Waals surface area contributed by atoms with Gasteiger partial charge in [0.05, 0.1) is 26.9 Å². The average Bonchev–Trinajstić information content (AvgIpc) is 2.61. The summed E-state index contributed by atoms with van der Waals surface area (Å²) in [4.78, 5) is 12.0. The number of carbonyl (C=O) groups is 1. The van der Waals surface area contributed by atoms with Crippen molar-refractivity contribution in [1.29, 1.82) is 0 Å². The van der Waals surface area contributed by atoms with Gasteiger partial charge in [-0.05, 0) is 35.9 Å². The maximum atomic E-state index is 13.5. The molecule has 0 aliphatic heterocycles. The monoisotopic (exact) mass is 333 g/mol. The number of hydrogen-bond donors (Lipinski definition) is 2. The summed E-state index contributed by atoms with van der Waals surface area (Å²) < 4.78 is 23.8. The zero-order valence-corrected chi connectivity index (χ0v) is 13.4. The Morgan fingerprint density at radius 2 is 1.92 bits per heavy atom. The van der Waals surface area contributed by atoms with Gasteiger partial charge in [-0.3, -0.25) is 4.79 Å². The summed E-state index contributed by atoms with van der Waals surface area (Å²) in [5, 5.41) is 11.3. The molecule has 0 heterocycles. The van der Waals surface area contributed by atoms with Crippen LogP contribution in [0.25, 0.3) is 11.1 Å². The quantitative estimate of drug-likeness (QED) is 0.727. The van der Waals surface area contributed by atoms with Crippen molar-refractivity contribution in [2.24, 2.45) is 0 Å². The predicted molar refractivity (Wildman–Crippen MR) is 88.6 cm³/mol. The summed E-state index contributed by atoms with van der Waals surface area (Å²) >= 11 is 0. The summed E-state index contributed by atoms with van der Waals surface area (Å²) in [5.41, 5.74) is 1.88. The SMILES string of the molecule is COc1ccc(F)cc1-c1ccc(C(=O)NCCOCCO)cc1. The third-order valence-electron chi connectivity index (χ3n) is 3.39. The van der Waals surface area contributed by atoms with Crippen LogP contribution >= 0.6 is 0 Å². The number of benzene rings is 2. The molecule has 2 N–H and O–H groups in total. The van der Waals surface area contributed by atoms with Gasteiger partial charge in [-0.2, -0.15) is 0 Å². The number of ether oxygens (including phenoxy) is 2. The lowest BCUT2D eigenvalue weighted by molar-refractivity contribution is 0.0838. The summed E-state index contributed by atoms with van der Waals surface area (Å²) in [6, 6.07) is 11.1. The van der Waals surface area contributed by atoms with Crippen molar-refractivity contribution in [3.8, 4) is 16.9 Å². The number of rotatable bonds is 8. The number of nitrogens with one attached hydrogen (secondary N) is 1. The molecule has 0 radical (unpaired) electrons. The molecule has 1 amide bonds. The molecule has 0 atom stereocenters. The van der Waals surface area contributed by atoms with Crippen molar-refractivity contribution in [1.82, 2.24) is 5.32 Å². The minimum absolute atomic E-state index is 0.0427. The van der Waals surface area contributed by atoms with Gasteiger partial charge in [-0.25, -0.2) is 4.39 Å². The van der Waals surface area contributed by atoms with Gasteiger partial charge >= 0.3 is 0 Å². The second kappa shape index (κ2) is 9.00. The molecule has 5 nitrogen and oxygen atoms in total. The molecule has 2 aromatic rings. The molecule has 0 bridgehead atoms. The molecule has 0 unspecified atom stereocenters. The number of methoxy groups -OCH3 is 1. The summed E-state index contributed by atoms with van der Waals surface area (Å²) in [7, 11) is 1.53. The fraction of sp³-hybridized carbons (Fsp3) is 0.278. The average molecular weight is 333 g/mol. The van der Waals surface area contributed by atoms with Crippen molar-refractivity contribution >= 4 is 5.91 Å². The Morgan fingerprint density at radius 3 is 2.58 bits per heavy atom. The zero-order chi connectivity index (χ0) is 17.4. The molecular formula is C18H20FNO4. The van der Waals surface area contributed by atoms with Gasteiger partial charge in [-0.15, -0.1) is 0 Å². The third-order valence-corrected chi connectivity index (χ3v) is 3.39. The highest BCUT2D eigenvalue weighted by molar-refractivity contribution is 5.94. The first-order chi connectivity index (χ1) is 11.7. The molecule has 24 heavy (non-hydrogen) atoms. The van der Waals surface area contributed by atoms with Crippen LogP contribution in [-0.4, -0.2) is 44.5 Å². The number of aliphatic hydroxyl groups is 1. The Hall–Kier alpha value is -2.44. The minimum Gasteiger partial charge on any atom is -0.496 e. The molecule has 0 aromatic heterocycles. The summed E-state index contributed by atoms with van der Waals surface area (Å²) in [6.45, 7) is 0.905. The zero-order valence-electron chi connectivity index (χ0n) is 13.4. The van der Waals surface area contributed by atoms with Crippen molar-refractivity contribution in [2.45, 2.75) is 0 Å². The van der Waals surface area contributed by atoms with Crippen molar-refractivity contribution in [3.63, 3.8) is 0 Å². The third kappa shape index (κ3) is 4.78. The van der Waals surface area contributed by atoms with E-state index in [-0.39, 0.29) is 24.9 Å². The van der Waals surface area contributed by atoms with E-state index in [1.165, 1.54) is 19.2 Å². The van der Waals surface area contributed by atoms with Crippen LogP contribution in [-0.2, 0) is 4.74 Å². The highest BCUT2D eigenvalue weighted by Crippen LogP contribution is 2.30. The molecular weight excluding hydrogens is 313 g/mol. The number of halogens is 1. The lowest BCUT2D eigenvalue weighted by Gasteiger charge is -2.10. The lowest BCUT2D eigenvalue weighted by atomic mass is 10.0. The van der Waals surface area contributed by atoms with E-state index in [0.29, 0.717) is 30.0 Å². The maximum absolute atomic E-state index is 13.5. The van der Waals surface area contributed by atoms with Crippen molar-refractivity contribution < 1.29 is 23.8 Å². The van der Waals surface area contributed by atoms with Crippen LogP contribution in [0, 0.1) is 5.82 Å². The molecule has 6 heteroatoms. The van der Waals surface area contributed by atoms with Crippen molar-refractivity contribution in [3.05, 3.63) is 53.8 Å². The normalized spacial score (nSPS) is 10.5. The molecule has 128 valence electrons. The van der Waals surface area contributed by atoms with E-state index in [2.05, 4.69) is 5.32 Å². The standard InChI is InChI=1S/C18H20FNO4/c1-23-17-7-6-15(19)12-16(17)13-2-4-14(5-3-13)18(22)20-8-10-24-11-9-21/h2-7,12,21H,8-11H2,1H3,(H,20,22). The second-order valence-electron chi connectivity index (χ2n) is 5.01. The number of amides is 1. The highest BCUT2D eigenvalue weighted by Gasteiger charge is 2.09. The summed E-state index contributed by atoms with van der Waals surface area (Å²) in [6.07, 6.45) is 0. The van der Waals surface area contributed by atoms with Gasteiger partial charge in [0.2, 0.25) is 0 Å². The molecule has 0 aliphatic carbocycles. The smallest absolute Gasteiger partial charge is 0.251 e. The van der Waals surface area contributed by atoms with Gasteiger partial charge < -0.3 is 19.9 Å². The Bertz CT molecular complexity index is 673. The topological polar surface area (TPSA) is 67.8 Å². The number of aliphatic hydroxyl groups excluding tert-OH is 1. The van der Waals surface area contributed by atoms with Crippen LogP contribution in [0.1, 0.15) is 10.4 Å². The van der Waals surface area contributed by atoms with Crippen molar-refractivity contribution in [2.75, 3.05) is 33.5 Å². The number of carbonyl (C=O) groups excluding carboxylic acids is 1. The Kier molecular flexibility index (Phi) is 6.72. The fourth-order valence-corrected chi connectivity index (χ4v) is 2.21. The minimum atomic E-state index is -0.351. The van der Waals surface area contributed by atoms with E-state index < -0.39 is 0 Å². The largest absolute Gasteiger partial charge is 0.496 e. The molecule has 2 rings (SSSR count). The van der Waals surface area contributed by atoms with Crippen LogP contribution < -0.4 is 10.1 Å². The maximum Gasteiger partial charge on any atom is 0.251 e. The van der Waals surface area contributed by atoms with Crippen LogP contribution in [0.3, 0.4) is 0 Å². The van der Waals surface area contributed by atoms with Gasteiger partial charge in [0.25, 0.3) is 5.91 Å². The first-order valence-electron chi connectivity index (χ1n) is 7.56. The van der Waals surface area contributed by atoms with Gasteiger partial charge in [0.15, 0.2) is 0 Å². The second-order valence-corrected chi connectivity index (χ2v) is 5.01. The van der Waals surface area contributed by atoms with Gasteiger partial charge in [0.1, 0.15) is 11.6 Å². The molecule has 0 saturated heterocycles. The number of hydrogen-bond acceptors (Lipinski definition) is 4. The Balaban J connectivity index is 2.03. The van der Waals surface area contributed by atoms with Crippen LogP contribution in [0.2, 0.25) is 0 Å². The molecule has 0 saturated carbocycles. The van der Waals surface area contributed by atoms with E-state index in [9.17, 15) is 9.18 Å². The molecule has 0 aliphatic rings. The van der Waals surface area contributed by atoms with Gasteiger partial charge in [0, 0.05) is 17.7 Å². The van der Waals surface area contributed by atoms with E-state index in [1.54, 1.807) is 30.3 Å². The van der Waals surface area contributed by atoms with E-state index in [4.69, 9.17) is 14.6 Å². The van der Waals surface area contributed by atoms with Crippen LogP contribution in [0.4, 0.5) is 4.39 Å². The van der Waals surface area contributed by atoms with E-state index >= 15 is 0 Å².